The molecule has 1 aromatic carbocycles. The van der Waals surface area contributed by atoms with Gasteiger partial charge in [0, 0.05) is 31.7 Å². The Morgan fingerprint density at radius 3 is 2.56 bits per heavy atom. The summed E-state index contributed by atoms with van der Waals surface area (Å²) in [6.45, 7) is 2.41. The van der Waals surface area contributed by atoms with Crippen molar-refractivity contribution in [1.29, 1.82) is 0 Å². The summed E-state index contributed by atoms with van der Waals surface area (Å²) in [5.74, 6) is 0.478. The summed E-state index contributed by atoms with van der Waals surface area (Å²) in [5, 5.41) is 18.2. The van der Waals surface area contributed by atoms with E-state index in [1.807, 2.05) is 12.1 Å². The Bertz CT molecular complexity index is 832. The topological polar surface area (TPSA) is 105 Å². The maximum absolute atomic E-state index is 12.2. The second kappa shape index (κ2) is 7.30. The monoisotopic (exact) mass is 369 g/mol. The number of hydrogen-bond donors (Lipinski definition) is 2. The number of piperazine rings is 1. The van der Waals surface area contributed by atoms with Crippen molar-refractivity contribution in [2.75, 3.05) is 36.8 Å². The largest absolute Gasteiger partial charge is 0.507 e. The van der Waals surface area contributed by atoms with Gasteiger partial charge < -0.3 is 25.4 Å². The Hall–Kier alpha value is -3.03. The van der Waals surface area contributed by atoms with Gasteiger partial charge in [0.2, 0.25) is 0 Å². The number of benzene rings is 1. The molecule has 0 radical (unpaired) electrons. The van der Waals surface area contributed by atoms with Crippen LogP contribution in [0, 0.1) is 0 Å². The van der Waals surface area contributed by atoms with Crippen LogP contribution in [0.5, 0.6) is 5.75 Å². The molecule has 2 fully saturated rings. The van der Waals surface area contributed by atoms with Gasteiger partial charge >= 0.3 is 6.09 Å². The number of carbonyl (C=O) groups excluding carboxylic acids is 1. The smallest absolute Gasteiger partial charge is 0.410 e. The lowest BCUT2D eigenvalue weighted by molar-refractivity contribution is 0.0260. The van der Waals surface area contributed by atoms with E-state index >= 15 is 0 Å². The van der Waals surface area contributed by atoms with Crippen LogP contribution in [0.15, 0.2) is 30.3 Å². The zero-order valence-corrected chi connectivity index (χ0v) is 15.0. The molecule has 1 aromatic heterocycles. The van der Waals surface area contributed by atoms with Gasteiger partial charge in [0.05, 0.1) is 11.4 Å². The summed E-state index contributed by atoms with van der Waals surface area (Å²) in [4.78, 5) is 16.0. The number of hydrogen-bond acceptors (Lipinski definition) is 7. The maximum atomic E-state index is 12.2. The molecule has 2 aromatic rings. The minimum atomic E-state index is -0.227. The fraction of sp³-hybridized carbons (Fsp3) is 0.421. The number of nitrogens with zero attached hydrogens (tertiary/aromatic N) is 4. The maximum Gasteiger partial charge on any atom is 0.410 e. The first-order valence-corrected chi connectivity index (χ1v) is 9.24. The number of aromatic nitrogens is 2. The van der Waals surface area contributed by atoms with E-state index in [4.69, 9.17) is 10.5 Å². The summed E-state index contributed by atoms with van der Waals surface area (Å²) in [6.07, 6.45) is 2.95. The van der Waals surface area contributed by atoms with Gasteiger partial charge in [-0.3, -0.25) is 0 Å². The van der Waals surface area contributed by atoms with Crippen molar-refractivity contribution in [3.05, 3.63) is 30.3 Å². The molecule has 2 heterocycles. The summed E-state index contributed by atoms with van der Waals surface area (Å²) in [5.41, 5.74) is 7.96. The molecule has 0 bridgehead atoms. The lowest BCUT2D eigenvalue weighted by Gasteiger charge is -2.37. The van der Waals surface area contributed by atoms with Gasteiger partial charge in [-0.15, -0.1) is 10.2 Å². The summed E-state index contributed by atoms with van der Waals surface area (Å²) in [6, 6.07) is 8.82. The molecule has 4 rings (SSSR count). The number of phenolic OH excluding ortho intramolecular Hbond substituents is 1. The molecule has 0 unspecified atom stereocenters. The number of para-hydroxylation sites is 1. The van der Waals surface area contributed by atoms with E-state index in [9.17, 15) is 9.90 Å². The highest BCUT2D eigenvalue weighted by molar-refractivity contribution is 5.74. The van der Waals surface area contributed by atoms with E-state index in [0.29, 0.717) is 43.3 Å². The first-order chi connectivity index (χ1) is 13.1. The Morgan fingerprint density at radius 1 is 1.15 bits per heavy atom. The molecule has 1 saturated carbocycles. The van der Waals surface area contributed by atoms with Crippen LogP contribution in [-0.2, 0) is 4.74 Å². The average molecular weight is 369 g/mol. The summed E-state index contributed by atoms with van der Waals surface area (Å²) in [7, 11) is 0. The van der Waals surface area contributed by atoms with E-state index in [1.54, 1.807) is 23.1 Å². The van der Waals surface area contributed by atoms with Gasteiger partial charge in [-0.05, 0) is 37.5 Å². The van der Waals surface area contributed by atoms with Crippen molar-refractivity contribution < 1.29 is 14.6 Å². The zero-order chi connectivity index (χ0) is 18.8. The van der Waals surface area contributed by atoms with Gasteiger partial charge in [0.25, 0.3) is 0 Å². The molecule has 3 N–H and O–H groups in total. The highest BCUT2D eigenvalue weighted by Crippen LogP contribution is 2.31. The van der Waals surface area contributed by atoms with Crippen molar-refractivity contribution in [3.63, 3.8) is 0 Å². The van der Waals surface area contributed by atoms with Gasteiger partial charge in [0.1, 0.15) is 11.9 Å². The van der Waals surface area contributed by atoms with E-state index in [2.05, 4.69) is 15.1 Å². The number of nitrogens with two attached hydrogens (primary N) is 1. The number of carbonyl (C=O) groups is 1. The molecule has 1 saturated heterocycles. The van der Waals surface area contributed by atoms with E-state index in [1.165, 1.54) is 0 Å². The van der Waals surface area contributed by atoms with Gasteiger partial charge in [-0.2, -0.15) is 0 Å². The van der Waals surface area contributed by atoms with Crippen LogP contribution in [0.25, 0.3) is 11.3 Å². The number of aromatic hydroxyl groups is 1. The number of phenols is 1. The number of rotatable bonds is 3. The zero-order valence-electron chi connectivity index (χ0n) is 15.0. The third kappa shape index (κ3) is 3.60. The Balaban J connectivity index is 1.45. The van der Waals surface area contributed by atoms with Crippen molar-refractivity contribution in [1.82, 2.24) is 15.1 Å². The molecule has 1 aliphatic heterocycles. The predicted octanol–water partition coefficient (Wildman–Crippen LogP) is 2.24. The van der Waals surface area contributed by atoms with Gasteiger partial charge in [0.15, 0.2) is 5.82 Å². The van der Waals surface area contributed by atoms with Crippen molar-refractivity contribution in [2.24, 2.45) is 0 Å². The first kappa shape index (κ1) is 17.4. The SMILES string of the molecule is Nc1nnc(-c2ccccc2O)cc1N1CCN(C(=O)OC2CCC2)CC1. The number of anilines is 2. The molecular weight excluding hydrogens is 346 g/mol. The third-order valence-corrected chi connectivity index (χ3v) is 5.18. The Kier molecular flexibility index (Phi) is 4.70. The van der Waals surface area contributed by atoms with Crippen molar-refractivity contribution in [3.8, 4) is 17.0 Å². The second-order valence-corrected chi connectivity index (χ2v) is 6.93. The van der Waals surface area contributed by atoms with Crippen LogP contribution in [0.4, 0.5) is 16.3 Å². The molecule has 0 spiro atoms. The highest BCUT2D eigenvalue weighted by Gasteiger charge is 2.28. The quantitative estimate of drug-likeness (QED) is 0.855. The number of amides is 1. The molecule has 8 heteroatoms. The molecule has 8 nitrogen and oxygen atoms in total. The lowest BCUT2D eigenvalue weighted by atomic mass is 9.96. The van der Waals surface area contributed by atoms with Crippen LogP contribution in [-0.4, -0.2) is 58.6 Å². The second-order valence-electron chi connectivity index (χ2n) is 6.93. The first-order valence-electron chi connectivity index (χ1n) is 9.24. The van der Waals surface area contributed by atoms with Gasteiger partial charge in [-0.25, -0.2) is 4.79 Å². The highest BCUT2D eigenvalue weighted by atomic mass is 16.6. The molecular formula is C19H23N5O3. The predicted molar refractivity (Wildman–Crippen MR) is 101 cm³/mol. The fourth-order valence-electron chi connectivity index (χ4n) is 3.30. The van der Waals surface area contributed by atoms with E-state index < -0.39 is 0 Å². The molecule has 2 aliphatic rings. The number of nitrogen functional groups attached to an aromatic ring is 1. The van der Waals surface area contributed by atoms with Crippen molar-refractivity contribution >= 4 is 17.6 Å². The van der Waals surface area contributed by atoms with E-state index in [0.717, 1.165) is 24.9 Å². The average Bonchev–Trinajstić information content (AvgIpc) is 2.66. The van der Waals surface area contributed by atoms with Crippen LogP contribution in [0.3, 0.4) is 0 Å². The molecule has 27 heavy (non-hydrogen) atoms. The summed E-state index contributed by atoms with van der Waals surface area (Å²) >= 11 is 0. The lowest BCUT2D eigenvalue weighted by Crippen LogP contribution is -2.50. The molecule has 0 atom stereocenters. The Morgan fingerprint density at radius 2 is 1.89 bits per heavy atom. The Labute approximate surface area is 157 Å². The van der Waals surface area contributed by atoms with Crippen molar-refractivity contribution in [2.45, 2.75) is 25.4 Å². The fourth-order valence-corrected chi connectivity index (χ4v) is 3.30. The van der Waals surface area contributed by atoms with Gasteiger partial charge in [-0.1, -0.05) is 12.1 Å². The number of ether oxygens (including phenoxy) is 1. The van der Waals surface area contributed by atoms with Crippen LogP contribution >= 0.6 is 0 Å². The molecule has 1 amide bonds. The normalized spacial score (nSPS) is 17.5. The minimum Gasteiger partial charge on any atom is -0.507 e. The minimum absolute atomic E-state index is 0.0941. The van der Waals surface area contributed by atoms with Crippen LogP contribution < -0.4 is 10.6 Å². The summed E-state index contributed by atoms with van der Waals surface area (Å²) < 4.78 is 5.47. The van der Waals surface area contributed by atoms with E-state index in [-0.39, 0.29) is 17.9 Å². The van der Waals surface area contributed by atoms with Crippen LogP contribution in [0.2, 0.25) is 0 Å². The molecule has 142 valence electrons. The third-order valence-electron chi connectivity index (χ3n) is 5.18. The molecule has 1 aliphatic carbocycles. The van der Waals surface area contributed by atoms with Crippen LogP contribution in [0.1, 0.15) is 19.3 Å². The standard InChI is InChI=1S/C19H23N5O3/c20-18-16(12-15(21-22-18)14-6-1-2-7-17(14)25)23-8-10-24(11-9-23)19(26)27-13-4-3-5-13/h1-2,6-7,12-13,25H,3-5,8-11H2,(H2,20,22).